The van der Waals surface area contributed by atoms with Crippen molar-refractivity contribution in [2.75, 3.05) is 7.11 Å². The Bertz CT molecular complexity index is 137. The lowest BCUT2D eigenvalue weighted by Gasteiger charge is -2.09. The largest absolute Gasteiger partial charge is 0.481 e. The first-order valence-corrected chi connectivity index (χ1v) is 3.30. The lowest BCUT2D eigenvalue weighted by molar-refractivity contribution is -0.140. The summed E-state index contributed by atoms with van der Waals surface area (Å²) in [5.41, 5.74) is 0. The Morgan fingerprint density at radius 3 is 2.27 bits per heavy atom. The number of carboxylic acid groups (broad SMARTS) is 1. The first-order chi connectivity index (χ1) is 5.06. The van der Waals surface area contributed by atoms with Gasteiger partial charge in [-0.1, -0.05) is 0 Å². The fourth-order valence-electron chi connectivity index (χ4n) is 0.754. The van der Waals surface area contributed by atoms with E-state index >= 15 is 0 Å². The summed E-state index contributed by atoms with van der Waals surface area (Å²) in [7, 11) is 1.40. The number of carbonyl (C=O) groups excluding carboxylic acids is 1. The smallest absolute Gasteiger partial charge is 0.305 e. The fourth-order valence-corrected chi connectivity index (χ4v) is 0.754. The van der Waals surface area contributed by atoms with E-state index in [0.29, 0.717) is 0 Å². The summed E-state index contributed by atoms with van der Waals surface area (Å²) in [6.45, 7) is 1.41. The van der Waals surface area contributed by atoms with Gasteiger partial charge >= 0.3 is 5.97 Å². The van der Waals surface area contributed by atoms with E-state index in [1.54, 1.807) is 0 Å². The van der Waals surface area contributed by atoms with Crippen LogP contribution in [-0.4, -0.2) is 30.1 Å². The maximum absolute atomic E-state index is 10.5. The van der Waals surface area contributed by atoms with Gasteiger partial charge in [-0.3, -0.25) is 9.59 Å². The summed E-state index contributed by atoms with van der Waals surface area (Å²) in [4.78, 5) is 20.7. The highest BCUT2D eigenvalue weighted by atomic mass is 16.5. The summed E-state index contributed by atoms with van der Waals surface area (Å²) in [6, 6.07) is 0. The molecule has 1 N–H and O–H groups in total. The molecule has 0 rings (SSSR count). The van der Waals surface area contributed by atoms with Crippen molar-refractivity contribution in [1.29, 1.82) is 0 Å². The average Bonchev–Trinajstić information content (AvgIpc) is 1.84. The van der Waals surface area contributed by atoms with Gasteiger partial charge in [-0.2, -0.15) is 0 Å². The summed E-state index contributed by atoms with van der Waals surface area (Å²) in [5.74, 6) is -1.00. The topological polar surface area (TPSA) is 63.6 Å². The zero-order valence-electron chi connectivity index (χ0n) is 6.66. The molecule has 0 radical (unpaired) electrons. The Morgan fingerprint density at radius 1 is 1.45 bits per heavy atom. The van der Waals surface area contributed by atoms with Crippen LogP contribution in [0.3, 0.4) is 0 Å². The van der Waals surface area contributed by atoms with Crippen LogP contribution in [0.15, 0.2) is 0 Å². The molecule has 0 bridgehead atoms. The summed E-state index contributed by atoms with van der Waals surface area (Å²) < 4.78 is 4.77. The molecule has 4 heteroatoms. The van der Waals surface area contributed by atoms with Gasteiger partial charge in [-0.05, 0) is 6.92 Å². The van der Waals surface area contributed by atoms with Gasteiger partial charge < -0.3 is 9.84 Å². The second-order valence-electron chi connectivity index (χ2n) is 2.36. The van der Waals surface area contributed by atoms with Gasteiger partial charge in [0.2, 0.25) is 0 Å². The molecular weight excluding hydrogens is 148 g/mol. The van der Waals surface area contributed by atoms with Crippen LogP contribution in [0.25, 0.3) is 0 Å². The molecule has 64 valence electrons. The summed E-state index contributed by atoms with van der Waals surface area (Å²) in [6.07, 6.45) is -0.427. The number of hydrogen-bond donors (Lipinski definition) is 1. The number of hydrogen-bond acceptors (Lipinski definition) is 3. The normalized spacial score (nSPS) is 12.5. The Kier molecular flexibility index (Phi) is 4.45. The minimum Gasteiger partial charge on any atom is -0.481 e. The van der Waals surface area contributed by atoms with E-state index in [9.17, 15) is 9.59 Å². The average molecular weight is 160 g/mol. The van der Waals surface area contributed by atoms with E-state index in [-0.39, 0.29) is 18.6 Å². The van der Waals surface area contributed by atoms with Crippen LogP contribution in [0.1, 0.15) is 19.8 Å². The number of rotatable bonds is 5. The molecule has 0 aliphatic heterocycles. The molecule has 0 saturated heterocycles. The maximum atomic E-state index is 10.5. The van der Waals surface area contributed by atoms with E-state index in [4.69, 9.17) is 9.84 Å². The number of carbonyl (C=O) groups is 2. The van der Waals surface area contributed by atoms with E-state index in [1.165, 1.54) is 14.0 Å². The third-order valence-corrected chi connectivity index (χ3v) is 1.25. The predicted octanol–water partition coefficient (Wildman–Crippen LogP) is 0.455. The Balaban J connectivity index is 3.76. The molecule has 0 aromatic heterocycles. The van der Waals surface area contributed by atoms with Gasteiger partial charge in [-0.15, -0.1) is 0 Å². The first-order valence-electron chi connectivity index (χ1n) is 3.30. The van der Waals surface area contributed by atoms with E-state index in [0.717, 1.165) is 0 Å². The van der Waals surface area contributed by atoms with Crippen LogP contribution < -0.4 is 0 Å². The second kappa shape index (κ2) is 4.85. The number of methoxy groups -OCH3 is 1. The second-order valence-corrected chi connectivity index (χ2v) is 2.36. The third-order valence-electron chi connectivity index (χ3n) is 1.25. The van der Waals surface area contributed by atoms with Crippen molar-refractivity contribution in [3.8, 4) is 0 Å². The fraction of sp³-hybridized carbons (Fsp3) is 0.714. The molecule has 0 saturated carbocycles. The highest BCUT2D eigenvalue weighted by molar-refractivity contribution is 5.77. The van der Waals surface area contributed by atoms with Crippen molar-refractivity contribution >= 4 is 11.8 Å². The lowest BCUT2D eigenvalue weighted by Crippen LogP contribution is -2.18. The van der Waals surface area contributed by atoms with Crippen molar-refractivity contribution in [3.05, 3.63) is 0 Å². The number of aliphatic carboxylic acids is 1. The number of carboxylic acids is 1. The van der Waals surface area contributed by atoms with Crippen LogP contribution >= 0.6 is 0 Å². The van der Waals surface area contributed by atoms with Crippen molar-refractivity contribution in [1.82, 2.24) is 0 Å². The van der Waals surface area contributed by atoms with Gasteiger partial charge in [0, 0.05) is 13.5 Å². The molecule has 1 unspecified atom stereocenters. The Hall–Kier alpha value is -0.900. The van der Waals surface area contributed by atoms with Gasteiger partial charge in [0.05, 0.1) is 12.5 Å². The molecule has 0 aromatic carbocycles. The minimum absolute atomic E-state index is 0.0573. The Labute approximate surface area is 65.2 Å². The van der Waals surface area contributed by atoms with Crippen LogP contribution in [-0.2, 0) is 14.3 Å². The molecule has 0 aromatic rings. The van der Waals surface area contributed by atoms with E-state index in [1.807, 2.05) is 0 Å². The Morgan fingerprint density at radius 2 is 2.00 bits per heavy atom. The lowest BCUT2D eigenvalue weighted by atomic mass is 10.1. The standard InChI is InChI=1S/C7H12O4/c1-5(8)3-6(11-2)4-7(9)10/h6H,3-4H2,1-2H3,(H,9,10). The summed E-state index contributed by atoms with van der Waals surface area (Å²) in [5, 5.41) is 8.34. The number of Topliss-reactive ketones (excluding diaryl/α,β-unsaturated/α-hetero) is 1. The molecule has 11 heavy (non-hydrogen) atoms. The minimum atomic E-state index is -0.946. The number of ketones is 1. The van der Waals surface area contributed by atoms with Gasteiger partial charge in [-0.25, -0.2) is 0 Å². The van der Waals surface area contributed by atoms with Crippen molar-refractivity contribution in [3.63, 3.8) is 0 Å². The maximum Gasteiger partial charge on any atom is 0.305 e. The molecule has 0 spiro atoms. The van der Waals surface area contributed by atoms with Crippen LogP contribution in [0.4, 0.5) is 0 Å². The SMILES string of the molecule is COC(CC(C)=O)CC(=O)O. The molecule has 4 nitrogen and oxygen atoms in total. The number of ether oxygens (including phenoxy) is 1. The van der Waals surface area contributed by atoms with E-state index in [2.05, 4.69) is 0 Å². The molecule has 0 aliphatic rings. The molecule has 0 aliphatic carbocycles. The monoisotopic (exact) mass is 160 g/mol. The first kappa shape index (κ1) is 10.1. The van der Waals surface area contributed by atoms with Crippen LogP contribution in [0, 0.1) is 0 Å². The van der Waals surface area contributed by atoms with Crippen LogP contribution in [0.2, 0.25) is 0 Å². The zero-order chi connectivity index (χ0) is 8.85. The van der Waals surface area contributed by atoms with Gasteiger partial charge in [0.25, 0.3) is 0 Å². The quantitative estimate of drug-likeness (QED) is 0.634. The highest BCUT2D eigenvalue weighted by Gasteiger charge is 2.13. The van der Waals surface area contributed by atoms with E-state index < -0.39 is 12.1 Å². The molecule has 1 atom stereocenters. The van der Waals surface area contributed by atoms with Gasteiger partial charge in [0.1, 0.15) is 5.78 Å². The molecule has 0 heterocycles. The van der Waals surface area contributed by atoms with Crippen LogP contribution in [0.5, 0.6) is 0 Å². The van der Waals surface area contributed by atoms with Gasteiger partial charge in [0.15, 0.2) is 0 Å². The van der Waals surface area contributed by atoms with Crippen molar-refractivity contribution in [2.24, 2.45) is 0 Å². The third kappa shape index (κ3) is 5.54. The van der Waals surface area contributed by atoms with Crippen molar-refractivity contribution < 1.29 is 19.4 Å². The molecular formula is C7H12O4. The highest BCUT2D eigenvalue weighted by Crippen LogP contribution is 2.02. The van der Waals surface area contributed by atoms with Crippen molar-refractivity contribution in [2.45, 2.75) is 25.9 Å². The summed E-state index contributed by atoms with van der Waals surface area (Å²) >= 11 is 0. The molecule has 0 fully saturated rings. The molecule has 0 amide bonds. The zero-order valence-corrected chi connectivity index (χ0v) is 6.66. The predicted molar refractivity (Wildman–Crippen MR) is 38.3 cm³/mol.